The Bertz CT molecular complexity index is 977. The zero-order chi connectivity index (χ0) is 17.1. The minimum atomic E-state index is 1.00. The monoisotopic (exact) mass is 433 g/mol. The number of hydrogen-bond donors (Lipinski definition) is 0. The molecule has 0 saturated heterocycles. The molecule has 1 heterocycles. The van der Waals surface area contributed by atoms with E-state index >= 15 is 0 Å². The zero-order valence-corrected chi connectivity index (χ0v) is 15.7. The van der Waals surface area contributed by atoms with Crippen LogP contribution in [0.1, 0.15) is 0 Å². The van der Waals surface area contributed by atoms with Gasteiger partial charge in [0.25, 0.3) is 0 Å². The van der Waals surface area contributed by atoms with Crippen molar-refractivity contribution >= 4 is 22.6 Å². The average Bonchev–Trinajstić information content (AvgIpc) is 2.69. The topological polar surface area (TPSA) is 12.9 Å². The molecule has 0 fully saturated rings. The first-order valence-corrected chi connectivity index (χ1v) is 9.26. The van der Waals surface area contributed by atoms with Crippen molar-refractivity contribution in [3.63, 3.8) is 0 Å². The summed E-state index contributed by atoms with van der Waals surface area (Å²) in [6.07, 6.45) is 0. The fourth-order valence-corrected chi connectivity index (χ4v) is 3.46. The molecule has 0 aliphatic carbocycles. The first kappa shape index (κ1) is 16.0. The fourth-order valence-electron chi connectivity index (χ4n) is 2.87. The van der Waals surface area contributed by atoms with E-state index in [0.717, 1.165) is 22.5 Å². The van der Waals surface area contributed by atoms with Crippen molar-refractivity contribution < 1.29 is 0 Å². The second-order valence-corrected chi connectivity index (χ2v) is 7.11. The molecule has 0 radical (unpaired) electrons. The lowest BCUT2D eigenvalue weighted by molar-refractivity contribution is 1.31. The highest BCUT2D eigenvalue weighted by molar-refractivity contribution is 14.1. The van der Waals surface area contributed by atoms with E-state index < -0.39 is 0 Å². The van der Waals surface area contributed by atoms with E-state index in [4.69, 9.17) is 4.98 Å². The molecule has 4 rings (SSSR count). The van der Waals surface area contributed by atoms with Crippen LogP contribution < -0.4 is 0 Å². The molecule has 25 heavy (non-hydrogen) atoms. The molecular weight excluding hydrogens is 417 g/mol. The summed E-state index contributed by atoms with van der Waals surface area (Å²) in [5.74, 6) is 0. The maximum Gasteiger partial charge on any atom is 0.0720 e. The lowest BCUT2D eigenvalue weighted by atomic mass is 10.0. The first-order valence-electron chi connectivity index (χ1n) is 8.18. The van der Waals surface area contributed by atoms with Gasteiger partial charge in [0.15, 0.2) is 0 Å². The Morgan fingerprint density at radius 1 is 0.480 bits per heavy atom. The number of hydrogen-bond acceptors (Lipinski definition) is 1. The predicted molar refractivity (Wildman–Crippen MR) is 113 cm³/mol. The molecule has 0 bridgehead atoms. The normalized spacial score (nSPS) is 10.6. The van der Waals surface area contributed by atoms with Crippen molar-refractivity contribution in [1.29, 1.82) is 0 Å². The Balaban J connectivity index is 1.71. The molecule has 2 heteroatoms. The molecule has 0 unspecified atom stereocenters. The SMILES string of the molecule is Ic1cc(-c2ccccc2)nc(-c2ccc(-c3ccccc3)cc2)c1. The molecular formula is C23H16IN. The molecule has 0 aliphatic rings. The maximum atomic E-state index is 4.87. The number of nitrogens with zero attached hydrogens (tertiary/aromatic N) is 1. The molecule has 4 aromatic rings. The van der Waals surface area contributed by atoms with Crippen LogP contribution in [-0.2, 0) is 0 Å². The second kappa shape index (κ2) is 7.19. The summed E-state index contributed by atoms with van der Waals surface area (Å²) >= 11 is 2.36. The number of rotatable bonds is 3. The van der Waals surface area contributed by atoms with Gasteiger partial charge in [-0.05, 0) is 45.9 Å². The van der Waals surface area contributed by atoms with E-state index in [2.05, 4.69) is 95.4 Å². The molecule has 0 atom stereocenters. The summed E-state index contributed by atoms with van der Waals surface area (Å²) in [6, 6.07) is 33.6. The second-order valence-electron chi connectivity index (χ2n) is 5.87. The number of pyridine rings is 1. The molecule has 120 valence electrons. The van der Waals surface area contributed by atoms with E-state index in [1.54, 1.807) is 0 Å². The van der Waals surface area contributed by atoms with Crippen molar-refractivity contribution in [2.24, 2.45) is 0 Å². The highest BCUT2D eigenvalue weighted by atomic mass is 127. The van der Waals surface area contributed by atoms with Crippen molar-refractivity contribution in [3.8, 4) is 33.6 Å². The maximum absolute atomic E-state index is 4.87. The van der Waals surface area contributed by atoms with E-state index in [1.165, 1.54) is 14.7 Å². The van der Waals surface area contributed by atoms with Gasteiger partial charge in [-0.25, -0.2) is 4.98 Å². The Hall–Kier alpha value is -2.46. The predicted octanol–water partition coefficient (Wildman–Crippen LogP) is 6.69. The van der Waals surface area contributed by atoms with E-state index in [1.807, 2.05) is 24.3 Å². The van der Waals surface area contributed by atoms with Crippen LogP contribution in [0.3, 0.4) is 0 Å². The molecule has 3 aromatic carbocycles. The van der Waals surface area contributed by atoms with Gasteiger partial charge in [-0.2, -0.15) is 0 Å². The first-order chi connectivity index (χ1) is 12.3. The third-order valence-electron chi connectivity index (χ3n) is 4.15. The van der Waals surface area contributed by atoms with Crippen LogP contribution in [0.15, 0.2) is 97.1 Å². The average molecular weight is 433 g/mol. The van der Waals surface area contributed by atoms with Crippen LogP contribution in [-0.4, -0.2) is 4.98 Å². The highest BCUT2D eigenvalue weighted by Crippen LogP contribution is 2.27. The Morgan fingerprint density at radius 3 is 1.44 bits per heavy atom. The van der Waals surface area contributed by atoms with Crippen molar-refractivity contribution in [3.05, 3.63) is 101 Å². The standard InChI is InChI=1S/C23H16IN/c24-21-15-22(19-9-5-2-6-10-19)25-23(16-21)20-13-11-18(12-14-20)17-7-3-1-4-8-17/h1-16H. The zero-order valence-electron chi connectivity index (χ0n) is 13.6. The molecule has 0 spiro atoms. The molecule has 0 amide bonds. The van der Waals surface area contributed by atoms with Gasteiger partial charge >= 0.3 is 0 Å². The van der Waals surface area contributed by atoms with Crippen LogP contribution in [0.2, 0.25) is 0 Å². The summed E-state index contributed by atoms with van der Waals surface area (Å²) in [7, 11) is 0. The molecule has 1 nitrogen and oxygen atoms in total. The summed E-state index contributed by atoms with van der Waals surface area (Å²) in [6.45, 7) is 0. The van der Waals surface area contributed by atoms with Crippen molar-refractivity contribution in [1.82, 2.24) is 4.98 Å². The molecule has 0 saturated carbocycles. The Kier molecular flexibility index (Phi) is 4.61. The summed E-state index contributed by atoms with van der Waals surface area (Å²) in [4.78, 5) is 4.87. The lowest BCUT2D eigenvalue weighted by Gasteiger charge is -2.08. The van der Waals surface area contributed by atoms with Crippen LogP contribution >= 0.6 is 22.6 Å². The summed E-state index contributed by atoms with van der Waals surface area (Å²) in [5, 5.41) is 0. The minimum Gasteiger partial charge on any atom is -0.248 e. The largest absolute Gasteiger partial charge is 0.248 e. The Morgan fingerprint density at radius 2 is 0.880 bits per heavy atom. The molecule has 0 aliphatic heterocycles. The third-order valence-corrected chi connectivity index (χ3v) is 4.77. The van der Waals surface area contributed by atoms with Crippen molar-refractivity contribution in [2.75, 3.05) is 0 Å². The van der Waals surface area contributed by atoms with E-state index in [-0.39, 0.29) is 0 Å². The van der Waals surface area contributed by atoms with E-state index in [9.17, 15) is 0 Å². The fraction of sp³-hybridized carbons (Fsp3) is 0. The quantitative estimate of drug-likeness (QED) is 0.328. The number of halogens is 1. The van der Waals surface area contributed by atoms with Gasteiger partial charge in [0, 0.05) is 14.7 Å². The van der Waals surface area contributed by atoms with Crippen LogP contribution in [0, 0.1) is 3.57 Å². The van der Waals surface area contributed by atoms with Gasteiger partial charge < -0.3 is 0 Å². The van der Waals surface area contributed by atoms with Gasteiger partial charge in [-0.1, -0.05) is 84.9 Å². The molecule has 1 aromatic heterocycles. The third kappa shape index (κ3) is 3.64. The van der Waals surface area contributed by atoms with Gasteiger partial charge in [-0.15, -0.1) is 0 Å². The van der Waals surface area contributed by atoms with Crippen LogP contribution in [0.5, 0.6) is 0 Å². The van der Waals surface area contributed by atoms with Gasteiger partial charge in [-0.3, -0.25) is 0 Å². The van der Waals surface area contributed by atoms with Crippen LogP contribution in [0.4, 0.5) is 0 Å². The highest BCUT2D eigenvalue weighted by Gasteiger charge is 2.06. The minimum absolute atomic E-state index is 1.00. The summed E-state index contributed by atoms with van der Waals surface area (Å²) < 4.78 is 1.19. The van der Waals surface area contributed by atoms with E-state index in [0.29, 0.717) is 0 Å². The van der Waals surface area contributed by atoms with Gasteiger partial charge in [0.1, 0.15) is 0 Å². The Labute approximate surface area is 161 Å². The van der Waals surface area contributed by atoms with Crippen LogP contribution in [0.25, 0.3) is 33.6 Å². The summed E-state index contributed by atoms with van der Waals surface area (Å²) in [5.41, 5.74) is 6.74. The van der Waals surface area contributed by atoms with Crippen molar-refractivity contribution in [2.45, 2.75) is 0 Å². The number of benzene rings is 3. The molecule has 0 N–H and O–H groups in total. The lowest BCUT2D eigenvalue weighted by Crippen LogP contribution is -1.90. The number of aromatic nitrogens is 1. The van der Waals surface area contributed by atoms with Gasteiger partial charge in [0.2, 0.25) is 0 Å². The van der Waals surface area contributed by atoms with Gasteiger partial charge in [0.05, 0.1) is 11.4 Å². The smallest absolute Gasteiger partial charge is 0.0720 e.